The molecular formula is C9H16N2O6PtS. The second kappa shape index (κ2) is 17.1. The van der Waals surface area contributed by atoms with E-state index in [0.29, 0.717) is 0 Å². The summed E-state index contributed by atoms with van der Waals surface area (Å²) >= 11 is 1.60. The molecule has 0 bridgehead atoms. The number of aliphatic hydroxyl groups is 2. The molecular weight excluding hydrogens is 459 g/mol. The van der Waals surface area contributed by atoms with Crippen molar-refractivity contribution in [1.29, 1.82) is 0 Å². The van der Waals surface area contributed by atoms with Crippen molar-refractivity contribution in [3.63, 3.8) is 0 Å². The predicted octanol–water partition coefficient (Wildman–Crippen LogP) is -2.46. The van der Waals surface area contributed by atoms with Gasteiger partial charge in [-0.1, -0.05) is 0 Å². The minimum Gasteiger partial charge on any atom is -0.547 e. The van der Waals surface area contributed by atoms with Gasteiger partial charge in [0, 0.05) is 11.6 Å². The van der Waals surface area contributed by atoms with E-state index in [1.807, 2.05) is 5.38 Å². The standard InChI is InChI=1S/C3H3NS.2C3H6O3.H3N.Pt/c1-2-5-3-4-1;2*1-2(4)3(5)6;;/h1-3H;2*2,4H,1H3,(H,5,6);1H3;/q;;;;+2/p-2. The van der Waals surface area contributed by atoms with Crippen molar-refractivity contribution in [2.45, 2.75) is 26.1 Å². The number of aliphatic hydroxyl groups excluding tert-OH is 2. The predicted molar refractivity (Wildman–Crippen MR) is 60.5 cm³/mol. The van der Waals surface area contributed by atoms with Gasteiger partial charge in [0.15, 0.2) is 0 Å². The first-order chi connectivity index (χ1) is 7.79. The van der Waals surface area contributed by atoms with Crippen LogP contribution in [-0.2, 0) is 30.7 Å². The summed E-state index contributed by atoms with van der Waals surface area (Å²) in [6.07, 6.45) is -0.917. The Morgan fingerprint density at radius 3 is 1.53 bits per heavy atom. The third-order valence-corrected chi connectivity index (χ3v) is 1.55. The Hall–Kier alpha value is -0.862. The van der Waals surface area contributed by atoms with Crippen LogP contribution < -0.4 is 16.4 Å². The second-order valence-corrected chi connectivity index (χ2v) is 3.42. The molecule has 0 spiro atoms. The Kier molecular flexibility index (Phi) is 24.0. The zero-order valence-electron chi connectivity index (χ0n) is 10.3. The molecule has 0 saturated carbocycles. The molecule has 2 unspecified atom stereocenters. The molecule has 1 rings (SSSR count). The third kappa shape index (κ3) is 26.7. The number of hydrogen-bond donors (Lipinski definition) is 3. The number of carbonyl (C=O) groups is 2. The number of aromatic nitrogens is 1. The van der Waals surface area contributed by atoms with Gasteiger partial charge in [0.25, 0.3) is 0 Å². The quantitative estimate of drug-likeness (QED) is 0.423. The minimum absolute atomic E-state index is 0. The number of nitrogens with zero attached hydrogens (tertiary/aromatic N) is 1. The summed E-state index contributed by atoms with van der Waals surface area (Å²) in [5.41, 5.74) is 1.79. The molecule has 8 nitrogen and oxygen atoms in total. The van der Waals surface area contributed by atoms with Crippen molar-refractivity contribution in [3.8, 4) is 0 Å². The van der Waals surface area contributed by atoms with Gasteiger partial charge in [0.05, 0.1) is 29.7 Å². The van der Waals surface area contributed by atoms with Crippen LogP contribution in [-0.4, -0.2) is 39.3 Å². The van der Waals surface area contributed by atoms with Crippen LogP contribution in [0.4, 0.5) is 0 Å². The number of carbonyl (C=O) groups excluding carboxylic acids is 2. The van der Waals surface area contributed by atoms with E-state index in [2.05, 4.69) is 4.98 Å². The third-order valence-electron chi connectivity index (χ3n) is 1.03. The number of thiazole rings is 1. The largest absolute Gasteiger partial charge is 2.00 e. The van der Waals surface area contributed by atoms with E-state index in [-0.39, 0.29) is 27.2 Å². The van der Waals surface area contributed by atoms with E-state index in [1.54, 1.807) is 23.0 Å². The molecule has 5 N–H and O–H groups in total. The molecule has 0 aliphatic carbocycles. The van der Waals surface area contributed by atoms with Gasteiger partial charge in [0.1, 0.15) is 0 Å². The Bertz CT molecular complexity index is 272. The molecule has 1 heterocycles. The van der Waals surface area contributed by atoms with Crippen LogP contribution in [0.15, 0.2) is 17.1 Å². The van der Waals surface area contributed by atoms with Crippen molar-refractivity contribution in [2.24, 2.45) is 0 Å². The van der Waals surface area contributed by atoms with E-state index in [1.165, 1.54) is 0 Å². The molecule has 0 aromatic carbocycles. The summed E-state index contributed by atoms with van der Waals surface area (Å²) < 4.78 is 0. The van der Waals surface area contributed by atoms with Crippen molar-refractivity contribution >= 4 is 23.3 Å². The van der Waals surface area contributed by atoms with Crippen molar-refractivity contribution in [3.05, 3.63) is 17.1 Å². The van der Waals surface area contributed by atoms with Gasteiger partial charge >= 0.3 is 21.1 Å². The molecule has 0 saturated heterocycles. The molecule has 114 valence electrons. The summed E-state index contributed by atoms with van der Waals surface area (Å²) in [7, 11) is 0. The fourth-order valence-corrected chi connectivity index (χ4v) is 0.527. The van der Waals surface area contributed by atoms with Gasteiger partial charge < -0.3 is 36.2 Å². The van der Waals surface area contributed by atoms with E-state index in [0.717, 1.165) is 13.8 Å². The summed E-state index contributed by atoms with van der Waals surface area (Å²) in [5.74, 6) is -2.87. The maximum atomic E-state index is 9.34. The number of carboxylic acids is 2. The Morgan fingerprint density at radius 1 is 1.16 bits per heavy atom. The molecule has 0 amide bonds. The van der Waals surface area contributed by atoms with Crippen LogP contribution in [0.3, 0.4) is 0 Å². The summed E-state index contributed by atoms with van der Waals surface area (Å²) in [6, 6.07) is 0. The molecule has 10 heteroatoms. The SMILES string of the molecule is CC(O)C(=O)[O-].CC(O)C(=O)[O-].N.[Pt+2].c1cscn1. The zero-order chi connectivity index (χ0) is 13.8. The number of rotatable bonds is 2. The van der Waals surface area contributed by atoms with Gasteiger partial charge in [-0.2, -0.15) is 0 Å². The van der Waals surface area contributed by atoms with Crippen molar-refractivity contribution in [1.82, 2.24) is 11.1 Å². The Balaban J connectivity index is -0.0000000845. The van der Waals surface area contributed by atoms with Gasteiger partial charge in [-0.3, -0.25) is 4.98 Å². The monoisotopic (exact) mass is 475 g/mol. The average Bonchev–Trinajstić information content (AvgIpc) is 2.75. The van der Waals surface area contributed by atoms with Crippen molar-refractivity contribution in [2.75, 3.05) is 0 Å². The van der Waals surface area contributed by atoms with E-state index >= 15 is 0 Å². The normalized spacial score (nSPS) is 10.7. The van der Waals surface area contributed by atoms with Gasteiger partial charge in [-0.25, -0.2) is 0 Å². The summed E-state index contributed by atoms with van der Waals surface area (Å²) in [4.78, 5) is 22.4. The molecule has 2 atom stereocenters. The topological polar surface area (TPSA) is 169 Å². The van der Waals surface area contributed by atoms with Crippen LogP contribution in [0.2, 0.25) is 0 Å². The molecule has 0 aliphatic rings. The number of aliphatic carboxylic acids is 2. The van der Waals surface area contributed by atoms with E-state index in [4.69, 9.17) is 10.2 Å². The smallest absolute Gasteiger partial charge is 0.547 e. The molecule has 1 aromatic heterocycles. The molecule has 19 heavy (non-hydrogen) atoms. The first-order valence-electron chi connectivity index (χ1n) is 4.39. The van der Waals surface area contributed by atoms with Crippen LogP contribution in [0.5, 0.6) is 0 Å². The molecule has 1 aromatic rings. The van der Waals surface area contributed by atoms with Gasteiger partial charge in [0.2, 0.25) is 0 Å². The molecule has 0 radical (unpaired) electrons. The fraction of sp³-hybridized carbons (Fsp3) is 0.444. The van der Waals surface area contributed by atoms with Crippen LogP contribution in [0, 0.1) is 0 Å². The van der Waals surface area contributed by atoms with E-state index in [9.17, 15) is 19.8 Å². The number of hydrogen-bond acceptors (Lipinski definition) is 9. The summed E-state index contributed by atoms with van der Waals surface area (Å²) in [6.45, 7) is 2.27. The van der Waals surface area contributed by atoms with Gasteiger partial charge in [-0.15, -0.1) is 11.3 Å². The Labute approximate surface area is 129 Å². The van der Waals surface area contributed by atoms with Crippen LogP contribution >= 0.6 is 11.3 Å². The maximum absolute atomic E-state index is 9.34. The van der Waals surface area contributed by atoms with Crippen LogP contribution in [0.1, 0.15) is 13.8 Å². The summed E-state index contributed by atoms with van der Waals surface area (Å²) in [5, 5.41) is 36.5. The first-order valence-corrected chi connectivity index (χ1v) is 5.33. The Morgan fingerprint density at radius 2 is 1.47 bits per heavy atom. The average molecular weight is 475 g/mol. The second-order valence-electron chi connectivity index (χ2n) is 2.67. The minimum atomic E-state index is -1.44. The first kappa shape index (κ1) is 26.7. The molecule has 0 aliphatic heterocycles. The van der Waals surface area contributed by atoms with Gasteiger partial charge in [-0.05, 0) is 13.8 Å². The number of carboxylic acid groups (broad SMARTS) is 2. The molecule has 0 fully saturated rings. The van der Waals surface area contributed by atoms with Crippen LogP contribution in [0.25, 0.3) is 0 Å². The van der Waals surface area contributed by atoms with E-state index < -0.39 is 24.1 Å². The van der Waals surface area contributed by atoms with Crippen molar-refractivity contribution < 1.29 is 51.1 Å². The fourth-order valence-electron chi connectivity index (χ4n) is 0.176. The maximum Gasteiger partial charge on any atom is 2.00 e. The zero-order valence-corrected chi connectivity index (χ0v) is 13.4.